The van der Waals surface area contributed by atoms with Crippen LogP contribution >= 0.6 is 0 Å². The Labute approximate surface area is 221 Å². The molecule has 3 aromatic rings. The molecule has 0 aromatic heterocycles. The third kappa shape index (κ3) is 4.20. The minimum absolute atomic E-state index is 0.131. The summed E-state index contributed by atoms with van der Waals surface area (Å²) in [6, 6.07) is 22.3. The average molecular weight is 507 g/mol. The molecule has 0 saturated heterocycles. The minimum Gasteiger partial charge on any atom is -0.490 e. The lowest BCUT2D eigenvalue weighted by Gasteiger charge is -2.29. The molecule has 0 radical (unpaired) electrons. The predicted molar refractivity (Wildman–Crippen MR) is 141 cm³/mol. The number of Topliss-reactive ketones (excluding diaryl/α,β-unsaturated/α-hetero) is 1. The number of esters is 1. The van der Waals surface area contributed by atoms with Crippen LogP contribution in [-0.4, -0.2) is 25.5 Å². The molecule has 1 N–H and O–H groups in total. The number of allylic oxidation sites excluding steroid dienone is 2. The Morgan fingerprint density at radius 2 is 1.74 bits per heavy atom. The summed E-state index contributed by atoms with van der Waals surface area (Å²) in [6.45, 7) is 4.25. The maximum Gasteiger partial charge on any atom is 0.336 e. The van der Waals surface area contributed by atoms with E-state index in [0.717, 1.165) is 11.1 Å². The molecule has 1 atom stereocenters. The number of benzene rings is 3. The van der Waals surface area contributed by atoms with Crippen molar-refractivity contribution < 1.29 is 23.8 Å². The van der Waals surface area contributed by atoms with Gasteiger partial charge in [0.05, 0.1) is 36.6 Å². The first-order valence-corrected chi connectivity index (χ1v) is 12.3. The quantitative estimate of drug-likeness (QED) is 0.436. The fourth-order valence-corrected chi connectivity index (χ4v) is 5.05. The van der Waals surface area contributed by atoms with Crippen LogP contribution in [0.15, 0.2) is 83.6 Å². The lowest BCUT2D eigenvalue weighted by Crippen LogP contribution is -2.29. The summed E-state index contributed by atoms with van der Waals surface area (Å²) in [6.07, 6.45) is 0. The molecule has 3 aromatic carbocycles. The molecule has 190 valence electrons. The molecule has 0 saturated carbocycles. The van der Waals surface area contributed by atoms with Crippen LogP contribution in [-0.2, 0) is 16.1 Å². The number of nitrogens with one attached hydrogen (secondary N) is 1. The lowest BCUT2D eigenvalue weighted by atomic mass is 9.79. The van der Waals surface area contributed by atoms with E-state index in [9.17, 15) is 14.9 Å². The van der Waals surface area contributed by atoms with Crippen LogP contribution in [0.1, 0.15) is 52.4 Å². The summed E-state index contributed by atoms with van der Waals surface area (Å²) < 4.78 is 17.1. The van der Waals surface area contributed by atoms with Gasteiger partial charge in [-0.25, -0.2) is 4.79 Å². The van der Waals surface area contributed by atoms with Gasteiger partial charge in [0.2, 0.25) is 0 Å². The molecule has 0 amide bonds. The first-order chi connectivity index (χ1) is 18.5. The Morgan fingerprint density at radius 3 is 2.47 bits per heavy atom. The summed E-state index contributed by atoms with van der Waals surface area (Å²) in [7, 11) is 1.33. The summed E-state index contributed by atoms with van der Waals surface area (Å²) in [5.74, 6) is -0.334. The normalized spacial score (nSPS) is 15.8. The number of carbonyl (C=O) groups is 2. The van der Waals surface area contributed by atoms with E-state index in [1.54, 1.807) is 24.3 Å². The SMILES string of the molecule is CCOc1cc(C2C(C(=O)OC)=C(C)NC3=C2C(=O)c2ccccc23)ccc1OCc1ccccc1C#N. The Balaban J connectivity index is 1.58. The standard InChI is InChI=1S/C31H26N2O5/c1-4-37-25-15-19(13-14-24(25)38-17-21-10-6-5-9-20(21)16-32)27-26(31(35)36-3)18(2)33-29-22-11-7-8-12-23(22)30(34)28(27)29/h5-15,27,33H,4,17H2,1-3H3. The fraction of sp³-hybridized carbons (Fsp3) is 0.194. The number of nitriles is 1. The number of hydrogen-bond donors (Lipinski definition) is 1. The predicted octanol–water partition coefficient (Wildman–Crippen LogP) is 5.28. The van der Waals surface area contributed by atoms with Crippen molar-refractivity contribution in [1.29, 1.82) is 5.26 Å². The molecule has 5 rings (SSSR count). The van der Waals surface area contributed by atoms with Gasteiger partial charge in [0.15, 0.2) is 17.3 Å². The summed E-state index contributed by atoms with van der Waals surface area (Å²) in [5.41, 5.74) is 5.59. The van der Waals surface area contributed by atoms with Gasteiger partial charge in [-0.05, 0) is 37.6 Å². The van der Waals surface area contributed by atoms with Crippen LogP contribution in [0, 0.1) is 11.3 Å². The van der Waals surface area contributed by atoms with Crippen molar-refractivity contribution in [2.45, 2.75) is 26.4 Å². The molecular formula is C31H26N2O5. The number of hydrogen-bond acceptors (Lipinski definition) is 7. The molecule has 1 aliphatic carbocycles. The van der Waals surface area contributed by atoms with Crippen molar-refractivity contribution >= 4 is 17.4 Å². The van der Waals surface area contributed by atoms with Gasteiger partial charge in [-0.1, -0.05) is 48.5 Å². The monoisotopic (exact) mass is 506 g/mol. The number of ether oxygens (including phenoxy) is 3. The van der Waals surface area contributed by atoms with Gasteiger partial charge in [0.25, 0.3) is 0 Å². The number of carbonyl (C=O) groups excluding carboxylic acids is 2. The van der Waals surface area contributed by atoms with Crippen molar-refractivity contribution in [2.24, 2.45) is 0 Å². The van der Waals surface area contributed by atoms with Gasteiger partial charge >= 0.3 is 5.97 Å². The highest BCUT2D eigenvalue weighted by molar-refractivity contribution is 6.23. The van der Waals surface area contributed by atoms with Gasteiger partial charge in [0.1, 0.15) is 6.61 Å². The Kier molecular flexibility index (Phi) is 6.71. The van der Waals surface area contributed by atoms with E-state index in [-0.39, 0.29) is 12.4 Å². The molecule has 2 aliphatic rings. The number of ketones is 1. The van der Waals surface area contributed by atoms with Crippen LogP contribution in [0.25, 0.3) is 5.70 Å². The second-order valence-corrected chi connectivity index (χ2v) is 8.95. The Bertz CT molecular complexity index is 1560. The first kappa shape index (κ1) is 24.8. The van der Waals surface area contributed by atoms with Gasteiger partial charge in [0, 0.05) is 33.9 Å². The summed E-state index contributed by atoms with van der Waals surface area (Å²) in [5, 5.41) is 12.7. The number of methoxy groups -OCH3 is 1. The molecule has 1 unspecified atom stereocenters. The van der Waals surface area contributed by atoms with E-state index in [1.165, 1.54) is 7.11 Å². The number of rotatable bonds is 7. The second-order valence-electron chi connectivity index (χ2n) is 8.95. The van der Waals surface area contributed by atoms with Crippen LogP contribution in [0.5, 0.6) is 11.5 Å². The van der Waals surface area contributed by atoms with Gasteiger partial charge in [-0.3, -0.25) is 4.79 Å². The van der Waals surface area contributed by atoms with E-state index in [2.05, 4.69) is 11.4 Å². The van der Waals surface area contributed by atoms with Crippen molar-refractivity contribution in [3.8, 4) is 17.6 Å². The van der Waals surface area contributed by atoms with Gasteiger partial charge < -0.3 is 19.5 Å². The van der Waals surface area contributed by atoms with Gasteiger partial charge in [-0.2, -0.15) is 5.26 Å². The van der Waals surface area contributed by atoms with E-state index in [1.807, 2.05) is 56.3 Å². The number of fused-ring (bicyclic) bond motifs is 2. The van der Waals surface area contributed by atoms with Crippen molar-refractivity contribution in [3.63, 3.8) is 0 Å². The highest BCUT2D eigenvalue weighted by Gasteiger charge is 2.43. The number of nitrogens with zero attached hydrogens (tertiary/aromatic N) is 1. The smallest absolute Gasteiger partial charge is 0.336 e. The molecule has 1 heterocycles. The Morgan fingerprint density at radius 1 is 1.00 bits per heavy atom. The molecule has 1 aliphatic heterocycles. The molecular weight excluding hydrogens is 480 g/mol. The summed E-state index contributed by atoms with van der Waals surface area (Å²) >= 11 is 0. The zero-order chi connectivity index (χ0) is 26.8. The van der Waals surface area contributed by atoms with E-state index >= 15 is 0 Å². The van der Waals surface area contributed by atoms with Crippen LogP contribution in [0.2, 0.25) is 0 Å². The van der Waals surface area contributed by atoms with Crippen LogP contribution in [0.4, 0.5) is 0 Å². The molecule has 0 fully saturated rings. The molecule has 7 heteroatoms. The zero-order valence-electron chi connectivity index (χ0n) is 21.3. The van der Waals surface area contributed by atoms with E-state index < -0.39 is 11.9 Å². The first-order valence-electron chi connectivity index (χ1n) is 12.3. The minimum atomic E-state index is -0.661. The third-order valence-electron chi connectivity index (χ3n) is 6.78. The molecule has 0 spiro atoms. The van der Waals surface area contributed by atoms with E-state index in [4.69, 9.17) is 14.2 Å². The van der Waals surface area contributed by atoms with Crippen molar-refractivity contribution in [1.82, 2.24) is 5.32 Å². The zero-order valence-corrected chi connectivity index (χ0v) is 21.3. The highest BCUT2D eigenvalue weighted by atomic mass is 16.5. The third-order valence-corrected chi connectivity index (χ3v) is 6.78. The second kappa shape index (κ2) is 10.3. The maximum atomic E-state index is 13.6. The van der Waals surface area contributed by atoms with Crippen LogP contribution in [0.3, 0.4) is 0 Å². The van der Waals surface area contributed by atoms with Crippen LogP contribution < -0.4 is 14.8 Å². The number of dihydropyridines is 1. The van der Waals surface area contributed by atoms with Gasteiger partial charge in [-0.15, -0.1) is 0 Å². The largest absolute Gasteiger partial charge is 0.490 e. The topological polar surface area (TPSA) is 97.7 Å². The maximum absolute atomic E-state index is 13.6. The average Bonchev–Trinajstić information content (AvgIpc) is 3.22. The van der Waals surface area contributed by atoms with Crippen molar-refractivity contribution in [3.05, 3.63) is 111 Å². The lowest BCUT2D eigenvalue weighted by molar-refractivity contribution is -0.136. The fourth-order valence-electron chi connectivity index (χ4n) is 5.05. The molecule has 38 heavy (non-hydrogen) atoms. The Hall–Kier alpha value is -4.83. The van der Waals surface area contributed by atoms with Crippen molar-refractivity contribution in [2.75, 3.05) is 13.7 Å². The highest BCUT2D eigenvalue weighted by Crippen LogP contribution is 2.48. The molecule has 0 bridgehead atoms. The van der Waals surface area contributed by atoms with E-state index in [0.29, 0.717) is 57.3 Å². The summed E-state index contributed by atoms with van der Waals surface area (Å²) in [4.78, 5) is 26.6. The molecule has 7 nitrogen and oxygen atoms in total.